The molecule has 1 saturated carbocycles. The van der Waals surface area contributed by atoms with Crippen LogP contribution >= 0.6 is 0 Å². The number of nitrogens with one attached hydrogen (secondary N) is 1. The molecule has 2 rings (SSSR count). The summed E-state index contributed by atoms with van der Waals surface area (Å²) < 4.78 is 13.9. The summed E-state index contributed by atoms with van der Waals surface area (Å²) in [6, 6.07) is 7.76. The van der Waals surface area contributed by atoms with Gasteiger partial charge in [-0.2, -0.15) is 0 Å². The van der Waals surface area contributed by atoms with E-state index in [9.17, 15) is 4.39 Å². The van der Waals surface area contributed by atoms with Crippen molar-refractivity contribution in [1.29, 1.82) is 0 Å². The van der Waals surface area contributed by atoms with Gasteiger partial charge in [-0.3, -0.25) is 0 Å². The Morgan fingerprint density at radius 3 is 2.50 bits per heavy atom. The SMILES string of the molecule is CC(C)NCC(Cc1ccccc1F)C1CCCCC1. The van der Waals surface area contributed by atoms with Gasteiger partial charge in [0.2, 0.25) is 0 Å². The van der Waals surface area contributed by atoms with Crippen molar-refractivity contribution in [3.05, 3.63) is 35.6 Å². The summed E-state index contributed by atoms with van der Waals surface area (Å²) >= 11 is 0. The Bertz CT molecular complexity index is 396. The summed E-state index contributed by atoms with van der Waals surface area (Å²) in [6.45, 7) is 5.37. The lowest BCUT2D eigenvalue weighted by atomic mass is 9.77. The minimum absolute atomic E-state index is 0.0437. The van der Waals surface area contributed by atoms with E-state index in [0.717, 1.165) is 24.4 Å². The van der Waals surface area contributed by atoms with Gasteiger partial charge in [-0.25, -0.2) is 4.39 Å². The monoisotopic (exact) mass is 277 g/mol. The van der Waals surface area contributed by atoms with Crippen molar-refractivity contribution < 1.29 is 4.39 Å². The van der Waals surface area contributed by atoms with E-state index < -0.39 is 0 Å². The van der Waals surface area contributed by atoms with Gasteiger partial charge in [0.05, 0.1) is 0 Å². The molecule has 0 aromatic heterocycles. The average Bonchev–Trinajstić information content (AvgIpc) is 2.46. The molecule has 1 aliphatic carbocycles. The predicted molar refractivity (Wildman–Crippen MR) is 83.3 cm³/mol. The van der Waals surface area contributed by atoms with Crippen LogP contribution in [0.25, 0.3) is 0 Å². The Morgan fingerprint density at radius 1 is 1.15 bits per heavy atom. The van der Waals surface area contributed by atoms with Crippen LogP contribution in [0.15, 0.2) is 24.3 Å². The molecular weight excluding hydrogens is 249 g/mol. The fraction of sp³-hybridized carbons (Fsp3) is 0.667. The van der Waals surface area contributed by atoms with Crippen LogP contribution in [-0.2, 0) is 6.42 Å². The van der Waals surface area contributed by atoms with E-state index in [1.54, 1.807) is 12.1 Å². The van der Waals surface area contributed by atoms with Gasteiger partial charge in [0, 0.05) is 6.04 Å². The lowest BCUT2D eigenvalue weighted by Gasteiger charge is -2.31. The summed E-state index contributed by atoms with van der Waals surface area (Å²) in [7, 11) is 0. The Hall–Kier alpha value is -0.890. The molecule has 1 nitrogen and oxygen atoms in total. The number of halogens is 1. The molecule has 1 N–H and O–H groups in total. The predicted octanol–water partition coefficient (Wildman–Crippen LogP) is 4.56. The molecule has 1 fully saturated rings. The highest BCUT2D eigenvalue weighted by atomic mass is 19.1. The molecule has 1 aromatic carbocycles. The molecule has 0 aliphatic heterocycles. The molecule has 1 atom stereocenters. The topological polar surface area (TPSA) is 12.0 Å². The van der Waals surface area contributed by atoms with Crippen LogP contribution in [-0.4, -0.2) is 12.6 Å². The van der Waals surface area contributed by atoms with Gasteiger partial charge in [0.15, 0.2) is 0 Å². The highest BCUT2D eigenvalue weighted by molar-refractivity contribution is 5.18. The third-order valence-electron chi connectivity index (χ3n) is 4.54. The molecule has 0 radical (unpaired) electrons. The smallest absolute Gasteiger partial charge is 0.126 e. The standard InChI is InChI=1S/C18H28FN/c1-14(2)20-13-17(15-8-4-3-5-9-15)12-16-10-6-7-11-18(16)19/h6-7,10-11,14-15,17,20H,3-5,8-9,12-13H2,1-2H3. The van der Waals surface area contributed by atoms with E-state index in [-0.39, 0.29) is 5.82 Å². The maximum absolute atomic E-state index is 13.9. The van der Waals surface area contributed by atoms with Gasteiger partial charge < -0.3 is 5.32 Å². The largest absolute Gasteiger partial charge is 0.314 e. The fourth-order valence-electron chi connectivity index (χ4n) is 3.34. The minimum atomic E-state index is -0.0437. The second-order valence-corrected chi connectivity index (χ2v) is 6.52. The van der Waals surface area contributed by atoms with Crippen LogP contribution in [0, 0.1) is 17.7 Å². The van der Waals surface area contributed by atoms with Gasteiger partial charge in [-0.05, 0) is 36.4 Å². The molecule has 0 saturated heterocycles. The highest BCUT2D eigenvalue weighted by Crippen LogP contribution is 2.32. The van der Waals surface area contributed by atoms with Crippen LogP contribution in [0.1, 0.15) is 51.5 Å². The second-order valence-electron chi connectivity index (χ2n) is 6.52. The van der Waals surface area contributed by atoms with Crippen LogP contribution in [0.2, 0.25) is 0 Å². The fourth-order valence-corrected chi connectivity index (χ4v) is 3.34. The summed E-state index contributed by atoms with van der Waals surface area (Å²) in [6.07, 6.45) is 7.58. The summed E-state index contributed by atoms with van der Waals surface area (Å²) in [4.78, 5) is 0. The molecule has 0 bridgehead atoms. The first-order valence-corrected chi connectivity index (χ1v) is 8.13. The van der Waals surface area contributed by atoms with Crippen molar-refractivity contribution in [2.45, 2.75) is 58.4 Å². The average molecular weight is 277 g/mol. The first-order chi connectivity index (χ1) is 9.66. The zero-order chi connectivity index (χ0) is 14.4. The zero-order valence-corrected chi connectivity index (χ0v) is 12.9. The number of benzene rings is 1. The molecule has 1 aliphatic rings. The van der Waals surface area contributed by atoms with Crippen LogP contribution in [0.5, 0.6) is 0 Å². The molecule has 1 unspecified atom stereocenters. The Morgan fingerprint density at radius 2 is 1.85 bits per heavy atom. The number of hydrogen-bond donors (Lipinski definition) is 1. The first kappa shape index (κ1) is 15.5. The van der Waals surface area contributed by atoms with Crippen molar-refractivity contribution in [2.75, 3.05) is 6.54 Å². The molecule has 1 aromatic rings. The third-order valence-corrected chi connectivity index (χ3v) is 4.54. The molecule has 0 heterocycles. The Balaban J connectivity index is 2.03. The number of hydrogen-bond acceptors (Lipinski definition) is 1. The molecular formula is C18H28FN. The van der Waals surface area contributed by atoms with E-state index in [0.29, 0.717) is 12.0 Å². The quantitative estimate of drug-likeness (QED) is 0.803. The van der Waals surface area contributed by atoms with E-state index in [1.807, 2.05) is 12.1 Å². The van der Waals surface area contributed by atoms with Crippen molar-refractivity contribution in [1.82, 2.24) is 5.32 Å². The highest BCUT2D eigenvalue weighted by Gasteiger charge is 2.24. The molecule has 0 spiro atoms. The van der Waals surface area contributed by atoms with Gasteiger partial charge in [0.1, 0.15) is 5.82 Å². The zero-order valence-electron chi connectivity index (χ0n) is 12.9. The number of rotatable bonds is 6. The van der Waals surface area contributed by atoms with Crippen molar-refractivity contribution in [3.63, 3.8) is 0 Å². The lowest BCUT2D eigenvalue weighted by molar-refractivity contribution is 0.234. The maximum Gasteiger partial charge on any atom is 0.126 e. The van der Waals surface area contributed by atoms with Crippen molar-refractivity contribution in [2.24, 2.45) is 11.8 Å². The van der Waals surface area contributed by atoms with Crippen LogP contribution in [0.3, 0.4) is 0 Å². The molecule has 112 valence electrons. The van der Waals surface area contributed by atoms with Crippen molar-refractivity contribution in [3.8, 4) is 0 Å². The van der Waals surface area contributed by atoms with Gasteiger partial charge in [-0.15, -0.1) is 0 Å². The van der Waals surface area contributed by atoms with Gasteiger partial charge >= 0.3 is 0 Å². The van der Waals surface area contributed by atoms with E-state index in [1.165, 1.54) is 32.1 Å². The van der Waals surface area contributed by atoms with E-state index >= 15 is 0 Å². The Labute approximate surface area is 123 Å². The normalized spacial score (nSPS) is 18.4. The van der Waals surface area contributed by atoms with Gasteiger partial charge in [0.25, 0.3) is 0 Å². The molecule has 2 heteroatoms. The summed E-state index contributed by atoms with van der Waals surface area (Å²) in [5.41, 5.74) is 0.883. The maximum atomic E-state index is 13.9. The lowest BCUT2D eigenvalue weighted by Crippen LogP contribution is -2.34. The minimum Gasteiger partial charge on any atom is -0.314 e. The third kappa shape index (κ3) is 4.59. The van der Waals surface area contributed by atoms with Crippen LogP contribution < -0.4 is 5.32 Å². The van der Waals surface area contributed by atoms with Gasteiger partial charge in [-0.1, -0.05) is 64.2 Å². The Kier molecular flexibility index (Phi) is 6.03. The molecule has 0 amide bonds. The van der Waals surface area contributed by atoms with E-state index in [4.69, 9.17) is 0 Å². The second kappa shape index (κ2) is 7.78. The van der Waals surface area contributed by atoms with E-state index in [2.05, 4.69) is 19.2 Å². The first-order valence-electron chi connectivity index (χ1n) is 8.13. The summed E-state index contributed by atoms with van der Waals surface area (Å²) in [5.74, 6) is 1.28. The molecule has 20 heavy (non-hydrogen) atoms. The van der Waals surface area contributed by atoms with Crippen molar-refractivity contribution >= 4 is 0 Å². The summed E-state index contributed by atoms with van der Waals surface area (Å²) in [5, 5.41) is 3.56. The van der Waals surface area contributed by atoms with Crippen LogP contribution in [0.4, 0.5) is 4.39 Å².